The van der Waals surface area contributed by atoms with Gasteiger partial charge < -0.3 is 4.98 Å². The highest BCUT2D eigenvalue weighted by Crippen LogP contribution is 2.02. The van der Waals surface area contributed by atoms with E-state index in [-0.39, 0.29) is 5.56 Å². The number of nitrogens with one attached hydrogen (secondary N) is 1. The van der Waals surface area contributed by atoms with Gasteiger partial charge in [0.15, 0.2) is 0 Å². The first-order valence-electron chi connectivity index (χ1n) is 2.59. The normalized spacial score (nSPS) is 8.40. The Morgan fingerprint density at radius 3 is 2.80 bits per heavy atom. The van der Waals surface area contributed by atoms with Crippen LogP contribution in [0.5, 0.6) is 0 Å². The third-order valence-corrected chi connectivity index (χ3v) is 0.943. The van der Waals surface area contributed by atoms with Gasteiger partial charge in [-0.15, -0.1) is 0 Å². The zero-order valence-corrected chi connectivity index (χ0v) is 5.00. The molecule has 0 amide bonds. The van der Waals surface area contributed by atoms with Crippen molar-refractivity contribution in [2.75, 3.05) is 0 Å². The number of aromatic amines is 1. The SMILES string of the molecule is O=C=Nc1ccc(=O)[nH]c1. The monoisotopic (exact) mass is 136 g/mol. The topological polar surface area (TPSA) is 62.3 Å². The molecule has 0 radical (unpaired) electrons. The van der Waals surface area contributed by atoms with E-state index in [1.165, 1.54) is 24.4 Å². The molecule has 0 bridgehead atoms. The molecular weight excluding hydrogens is 132 g/mol. The average molecular weight is 136 g/mol. The molecule has 1 aromatic heterocycles. The van der Waals surface area contributed by atoms with Gasteiger partial charge in [-0.2, -0.15) is 4.99 Å². The highest BCUT2D eigenvalue weighted by atomic mass is 16.1. The van der Waals surface area contributed by atoms with Crippen LogP contribution in [-0.2, 0) is 4.79 Å². The van der Waals surface area contributed by atoms with Crippen LogP contribution in [0.4, 0.5) is 5.69 Å². The van der Waals surface area contributed by atoms with Gasteiger partial charge >= 0.3 is 0 Å². The van der Waals surface area contributed by atoms with E-state index in [0.717, 1.165) is 0 Å². The molecule has 1 N–H and O–H groups in total. The van der Waals surface area contributed by atoms with Crippen LogP contribution in [0.25, 0.3) is 0 Å². The van der Waals surface area contributed by atoms with E-state index in [0.29, 0.717) is 5.69 Å². The first kappa shape index (κ1) is 6.45. The van der Waals surface area contributed by atoms with Crippen molar-refractivity contribution in [2.24, 2.45) is 4.99 Å². The number of aliphatic imine (C=N–C) groups is 1. The smallest absolute Gasteiger partial charge is 0.248 e. The van der Waals surface area contributed by atoms with E-state index in [1.807, 2.05) is 0 Å². The summed E-state index contributed by atoms with van der Waals surface area (Å²) in [5, 5.41) is 0. The number of pyridine rings is 1. The van der Waals surface area contributed by atoms with Crippen LogP contribution < -0.4 is 5.56 Å². The van der Waals surface area contributed by atoms with Gasteiger partial charge in [-0.3, -0.25) is 4.79 Å². The molecule has 1 heterocycles. The lowest BCUT2D eigenvalue weighted by Crippen LogP contribution is -1.99. The number of aromatic nitrogens is 1. The Bertz CT molecular complexity index is 302. The number of nitrogens with zero attached hydrogens (tertiary/aromatic N) is 1. The summed E-state index contributed by atoms with van der Waals surface area (Å²) in [7, 11) is 0. The van der Waals surface area contributed by atoms with Crippen molar-refractivity contribution in [1.82, 2.24) is 4.98 Å². The number of carbonyl (C=O) groups excluding carboxylic acids is 1. The summed E-state index contributed by atoms with van der Waals surface area (Å²) < 4.78 is 0. The van der Waals surface area contributed by atoms with E-state index in [2.05, 4.69) is 9.98 Å². The van der Waals surface area contributed by atoms with Crippen molar-refractivity contribution in [3.63, 3.8) is 0 Å². The van der Waals surface area contributed by atoms with Crippen molar-refractivity contribution < 1.29 is 4.79 Å². The maximum Gasteiger partial charge on any atom is 0.248 e. The summed E-state index contributed by atoms with van der Waals surface area (Å²) in [6.45, 7) is 0. The fourth-order valence-corrected chi connectivity index (χ4v) is 0.525. The Balaban J connectivity index is 3.11. The maximum atomic E-state index is 10.4. The minimum absolute atomic E-state index is 0.218. The first-order chi connectivity index (χ1) is 4.83. The zero-order valence-electron chi connectivity index (χ0n) is 5.00. The first-order valence-corrected chi connectivity index (χ1v) is 2.59. The van der Waals surface area contributed by atoms with Crippen LogP contribution >= 0.6 is 0 Å². The molecule has 0 fully saturated rings. The van der Waals surface area contributed by atoms with Crippen LogP contribution in [0.15, 0.2) is 28.1 Å². The van der Waals surface area contributed by atoms with Crippen molar-refractivity contribution in [3.8, 4) is 0 Å². The Hall–Kier alpha value is -1.67. The summed E-state index contributed by atoms with van der Waals surface area (Å²) in [6, 6.07) is 2.72. The second-order valence-corrected chi connectivity index (χ2v) is 1.61. The molecule has 4 nitrogen and oxygen atoms in total. The number of hydrogen-bond donors (Lipinski definition) is 1. The van der Waals surface area contributed by atoms with E-state index < -0.39 is 0 Å². The number of H-pyrrole nitrogens is 1. The second kappa shape index (κ2) is 2.75. The molecule has 0 spiro atoms. The maximum absolute atomic E-state index is 10.4. The van der Waals surface area contributed by atoms with Gasteiger partial charge in [-0.25, -0.2) is 4.79 Å². The molecule has 10 heavy (non-hydrogen) atoms. The lowest BCUT2D eigenvalue weighted by Gasteiger charge is -1.84. The fraction of sp³-hybridized carbons (Fsp3) is 0. The molecule has 0 aliphatic carbocycles. The lowest BCUT2D eigenvalue weighted by atomic mass is 10.4. The Morgan fingerprint density at radius 2 is 2.30 bits per heavy atom. The van der Waals surface area contributed by atoms with E-state index >= 15 is 0 Å². The highest BCUT2D eigenvalue weighted by Gasteiger charge is 1.84. The standard InChI is InChI=1S/C6H4N2O2/c9-4-8-5-1-2-6(10)7-3-5/h1-3H,(H,7,10). The van der Waals surface area contributed by atoms with E-state index in [1.54, 1.807) is 0 Å². The number of rotatable bonds is 1. The molecule has 0 saturated heterocycles. The van der Waals surface area contributed by atoms with Crippen LogP contribution in [0, 0.1) is 0 Å². The van der Waals surface area contributed by atoms with Crippen molar-refractivity contribution in [2.45, 2.75) is 0 Å². The summed E-state index contributed by atoms with van der Waals surface area (Å²) in [5.41, 5.74) is 0.180. The van der Waals surface area contributed by atoms with Gasteiger partial charge in [0.05, 0.1) is 5.69 Å². The van der Waals surface area contributed by atoms with Crippen LogP contribution in [0.1, 0.15) is 0 Å². The molecule has 0 atom stereocenters. The fourth-order valence-electron chi connectivity index (χ4n) is 0.525. The molecule has 0 aliphatic rings. The summed E-state index contributed by atoms with van der Waals surface area (Å²) >= 11 is 0. The third-order valence-electron chi connectivity index (χ3n) is 0.943. The number of isocyanates is 1. The molecule has 1 rings (SSSR count). The minimum Gasteiger partial charge on any atom is -0.327 e. The van der Waals surface area contributed by atoms with Gasteiger partial charge in [-0.05, 0) is 6.07 Å². The predicted molar refractivity (Wildman–Crippen MR) is 34.8 cm³/mol. The highest BCUT2D eigenvalue weighted by molar-refractivity contribution is 5.46. The lowest BCUT2D eigenvalue weighted by molar-refractivity contribution is 0.565. The Morgan fingerprint density at radius 1 is 1.50 bits per heavy atom. The van der Waals surface area contributed by atoms with Crippen molar-refractivity contribution in [3.05, 3.63) is 28.7 Å². The van der Waals surface area contributed by atoms with Crippen LogP contribution in [0.3, 0.4) is 0 Å². The largest absolute Gasteiger partial charge is 0.327 e. The quantitative estimate of drug-likeness (QED) is 0.447. The van der Waals surface area contributed by atoms with Crippen LogP contribution in [-0.4, -0.2) is 11.1 Å². The summed E-state index contributed by atoms with van der Waals surface area (Å²) in [5.74, 6) is 0. The summed E-state index contributed by atoms with van der Waals surface area (Å²) in [6.07, 6.45) is 2.70. The van der Waals surface area contributed by atoms with Gasteiger partial charge in [0.25, 0.3) is 0 Å². The molecule has 4 heteroatoms. The third kappa shape index (κ3) is 1.40. The van der Waals surface area contributed by atoms with E-state index in [4.69, 9.17) is 0 Å². The van der Waals surface area contributed by atoms with Crippen molar-refractivity contribution in [1.29, 1.82) is 0 Å². The average Bonchev–Trinajstić information content (AvgIpc) is 1.95. The van der Waals surface area contributed by atoms with Crippen LogP contribution in [0.2, 0.25) is 0 Å². The predicted octanol–water partition coefficient (Wildman–Crippen LogP) is 0.342. The number of hydrogen-bond acceptors (Lipinski definition) is 3. The zero-order chi connectivity index (χ0) is 7.40. The van der Waals surface area contributed by atoms with Gasteiger partial charge in [0.2, 0.25) is 11.6 Å². The molecule has 0 saturated carbocycles. The molecule has 0 aromatic carbocycles. The second-order valence-electron chi connectivity index (χ2n) is 1.61. The molecule has 0 aliphatic heterocycles. The molecule has 0 unspecified atom stereocenters. The summed E-state index contributed by atoms with van der Waals surface area (Å²) in [4.78, 5) is 25.7. The Kier molecular flexibility index (Phi) is 1.78. The van der Waals surface area contributed by atoms with E-state index in [9.17, 15) is 9.59 Å². The molecular formula is C6H4N2O2. The molecule has 1 aromatic rings. The van der Waals surface area contributed by atoms with Gasteiger partial charge in [-0.1, -0.05) is 0 Å². The Labute approximate surface area is 56.2 Å². The van der Waals surface area contributed by atoms with Gasteiger partial charge in [0, 0.05) is 12.3 Å². The van der Waals surface area contributed by atoms with Gasteiger partial charge in [0.1, 0.15) is 0 Å². The van der Waals surface area contributed by atoms with Crippen molar-refractivity contribution >= 4 is 11.8 Å². The minimum atomic E-state index is -0.218. The molecule has 50 valence electrons.